The Kier molecular flexibility index (Phi) is 6.08. The van der Waals surface area contributed by atoms with Gasteiger partial charge in [-0.25, -0.2) is 4.79 Å². The largest absolute Gasteiger partial charge is 0.469 e. The molecule has 0 spiro atoms. The van der Waals surface area contributed by atoms with E-state index in [0.717, 1.165) is 18.2 Å². The molecule has 0 atom stereocenters. The van der Waals surface area contributed by atoms with Gasteiger partial charge < -0.3 is 14.2 Å². The Balaban J connectivity index is 1.39. The van der Waals surface area contributed by atoms with Gasteiger partial charge in [0.25, 0.3) is 11.1 Å². The molecule has 26 heavy (non-hydrogen) atoms. The molecular formula is C16H16N4O4S2. The van der Waals surface area contributed by atoms with Crippen molar-refractivity contribution in [2.75, 3.05) is 12.3 Å². The highest BCUT2D eigenvalue weighted by Gasteiger charge is 2.15. The molecule has 0 aliphatic heterocycles. The van der Waals surface area contributed by atoms with Gasteiger partial charge >= 0.3 is 6.03 Å². The van der Waals surface area contributed by atoms with Gasteiger partial charge in [-0.05, 0) is 30.9 Å². The van der Waals surface area contributed by atoms with Crippen LogP contribution in [0, 0.1) is 6.92 Å². The number of thioether (sulfide) groups is 1. The summed E-state index contributed by atoms with van der Waals surface area (Å²) in [5.74, 6) is 0.542. The van der Waals surface area contributed by atoms with Crippen molar-refractivity contribution in [3.63, 3.8) is 0 Å². The van der Waals surface area contributed by atoms with Gasteiger partial charge in [-0.3, -0.25) is 10.1 Å². The molecule has 3 amide bonds. The van der Waals surface area contributed by atoms with E-state index in [9.17, 15) is 9.59 Å². The maximum Gasteiger partial charge on any atom is 0.321 e. The first-order chi connectivity index (χ1) is 12.6. The molecule has 0 aliphatic rings. The van der Waals surface area contributed by atoms with Crippen LogP contribution < -0.4 is 10.6 Å². The van der Waals surface area contributed by atoms with Crippen molar-refractivity contribution in [2.24, 2.45) is 0 Å². The summed E-state index contributed by atoms with van der Waals surface area (Å²) in [6, 6.07) is 5.16. The maximum absolute atomic E-state index is 11.8. The Morgan fingerprint density at radius 1 is 1.31 bits per heavy atom. The third kappa shape index (κ3) is 4.96. The first-order valence-corrected chi connectivity index (χ1v) is 9.59. The Morgan fingerprint density at radius 2 is 2.19 bits per heavy atom. The minimum absolute atomic E-state index is 0.00958. The Morgan fingerprint density at radius 3 is 2.92 bits per heavy atom. The van der Waals surface area contributed by atoms with E-state index in [-0.39, 0.29) is 11.0 Å². The highest BCUT2D eigenvalue weighted by molar-refractivity contribution is 7.99. The molecule has 8 nitrogen and oxygen atoms in total. The predicted octanol–water partition coefficient (Wildman–Crippen LogP) is 2.86. The quantitative estimate of drug-likeness (QED) is 0.595. The minimum atomic E-state index is -0.521. The van der Waals surface area contributed by atoms with Gasteiger partial charge in [-0.15, -0.1) is 21.5 Å². The zero-order valence-corrected chi connectivity index (χ0v) is 15.5. The van der Waals surface area contributed by atoms with Gasteiger partial charge in [0.2, 0.25) is 5.91 Å². The van der Waals surface area contributed by atoms with E-state index < -0.39 is 11.9 Å². The molecule has 0 bridgehead atoms. The van der Waals surface area contributed by atoms with Crippen molar-refractivity contribution in [3.05, 3.63) is 40.5 Å². The molecule has 10 heteroatoms. The topological polar surface area (TPSA) is 110 Å². The van der Waals surface area contributed by atoms with Crippen LogP contribution in [0.15, 0.2) is 43.9 Å². The Hall–Kier alpha value is -2.59. The van der Waals surface area contributed by atoms with Crippen molar-refractivity contribution >= 4 is 35.0 Å². The standard InChI is InChI=1S/C16H16N4O4S2/c1-10-12(5-7-23-10)14-19-20-16(24-14)26-9-13(21)18-15(22)17-6-4-11-3-2-8-25-11/h2-3,5,7-8H,4,6,9H2,1H3,(H2,17,18,21,22). The number of rotatable bonds is 7. The Bertz CT molecular complexity index is 873. The molecule has 2 N–H and O–H groups in total. The number of hydrogen-bond donors (Lipinski definition) is 2. The number of amides is 3. The lowest BCUT2D eigenvalue weighted by atomic mass is 10.3. The van der Waals surface area contributed by atoms with E-state index in [2.05, 4.69) is 20.8 Å². The highest BCUT2D eigenvalue weighted by atomic mass is 32.2. The van der Waals surface area contributed by atoms with Crippen LogP contribution >= 0.6 is 23.1 Å². The van der Waals surface area contributed by atoms with Crippen molar-refractivity contribution in [1.29, 1.82) is 0 Å². The molecule has 0 aliphatic carbocycles. The average molecular weight is 392 g/mol. The summed E-state index contributed by atoms with van der Waals surface area (Å²) in [4.78, 5) is 24.7. The molecule has 0 unspecified atom stereocenters. The number of nitrogens with zero attached hydrogens (tertiary/aromatic N) is 2. The average Bonchev–Trinajstić information content (AvgIpc) is 3.34. The van der Waals surface area contributed by atoms with E-state index in [1.165, 1.54) is 11.1 Å². The molecule has 3 aromatic heterocycles. The summed E-state index contributed by atoms with van der Waals surface area (Å²) < 4.78 is 10.7. The van der Waals surface area contributed by atoms with Gasteiger partial charge in [-0.2, -0.15) is 0 Å². The summed E-state index contributed by atoms with van der Waals surface area (Å²) in [5.41, 5.74) is 0.707. The van der Waals surface area contributed by atoms with Crippen molar-refractivity contribution in [2.45, 2.75) is 18.6 Å². The van der Waals surface area contributed by atoms with E-state index in [0.29, 0.717) is 23.8 Å². The number of aromatic nitrogens is 2. The lowest BCUT2D eigenvalue weighted by Crippen LogP contribution is -2.41. The van der Waals surface area contributed by atoms with Gasteiger partial charge in [0.05, 0.1) is 17.6 Å². The zero-order valence-electron chi connectivity index (χ0n) is 13.9. The second kappa shape index (κ2) is 8.68. The van der Waals surface area contributed by atoms with E-state index in [1.54, 1.807) is 24.3 Å². The monoisotopic (exact) mass is 392 g/mol. The number of nitrogens with one attached hydrogen (secondary N) is 2. The molecule has 0 saturated heterocycles. The normalized spacial score (nSPS) is 10.7. The summed E-state index contributed by atoms with van der Waals surface area (Å²) in [6.45, 7) is 2.25. The second-order valence-corrected chi connectivity index (χ2v) is 7.14. The Labute approximate surface area is 157 Å². The number of carbonyl (C=O) groups excluding carboxylic acids is 2. The van der Waals surface area contributed by atoms with Crippen molar-refractivity contribution in [3.8, 4) is 11.5 Å². The van der Waals surface area contributed by atoms with Crippen LogP contribution in [0.3, 0.4) is 0 Å². The second-order valence-electron chi connectivity index (χ2n) is 5.19. The first kappa shape index (κ1) is 18.2. The fourth-order valence-corrected chi connectivity index (χ4v) is 3.34. The SMILES string of the molecule is Cc1occc1-c1nnc(SCC(=O)NC(=O)NCCc2cccs2)o1. The minimum Gasteiger partial charge on any atom is -0.469 e. The molecule has 3 heterocycles. The number of hydrogen-bond acceptors (Lipinski definition) is 8. The predicted molar refractivity (Wildman–Crippen MR) is 97.0 cm³/mol. The van der Waals surface area contributed by atoms with Crippen LogP contribution in [-0.4, -0.2) is 34.4 Å². The van der Waals surface area contributed by atoms with Crippen LogP contribution in [-0.2, 0) is 11.2 Å². The fraction of sp³-hybridized carbons (Fsp3) is 0.250. The molecule has 0 radical (unpaired) electrons. The van der Waals surface area contributed by atoms with Gasteiger partial charge in [0, 0.05) is 11.4 Å². The van der Waals surface area contributed by atoms with Gasteiger partial charge in [-0.1, -0.05) is 17.8 Å². The number of furan rings is 1. The molecule has 136 valence electrons. The molecule has 3 rings (SSSR count). The third-order valence-electron chi connectivity index (χ3n) is 3.31. The number of urea groups is 1. The number of thiophene rings is 1. The maximum atomic E-state index is 11.8. The lowest BCUT2D eigenvalue weighted by molar-refractivity contribution is -0.117. The van der Waals surface area contributed by atoms with Crippen LogP contribution in [0.25, 0.3) is 11.5 Å². The molecule has 0 aromatic carbocycles. The number of carbonyl (C=O) groups is 2. The lowest BCUT2D eigenvalue weighted by Gasteiger charge is -2.05. The summed E-state index contributed by atoms with van der Waals surface area (Å²) in [7, 11) is 0. The van der Waals surface area contributed by atoms with Crippen LogP contribution in [0.4, 0.5) is 4.79 Å². The number of imide groups is 1. The summed E-state index contributed by atoms with van der Waals surface area (Å²) >= 11 is 2.68. The van der Waals surface area contributed by atoms with Crippen molar-refractivity contribution < 1.29 is 18.4 Å². The van der Waals surface area contributed by atoms with Crippen LogP contribution in [0.2, 0.25) is 0 Å². The zero-order chi connectivity index (χ0) is 18.4. The summed E-state index contributed by atoms with van der Waals surface area (Å²) in [5, 5.41) is 14.9. The van der Waals surface area contributed by atoms with Crippen molar-refractivity contribution in [1.82, 2.24) is 20.8 Å². The number of aryl methyl sites for hydroxylation is 1. The fourth-order valence-electron chi connectivity index (χ4n) is 2.07. The van der Waals surface area contributed by atoms with E-state index >= 15 is 0 Å². The van der Waals surface area contributed by atoms with Gasteiger partial charge in [0.15, 0.2) is 0 Å². The summed E-state index contributed by atoms with van der Waals surface area (Å²) in [6.07, 6.45) is 2.26. The first-order valence-electron chi connectivity index (χ1n) is 7.72. The van der Waals surface area contributed by atoms with E-state index in [4.69, 9.17) is 8.83 Å². The molecular weight excluding hydrogens is 376 g/mol. The smallest absolute Gasteiger partial charge is 0.321 e. The molecule has 3 aromatic rings. The molecule has 0 fully saturated rings. The molecule has 0 saturated carbocycles. The van der Waals surface area contributed by atoms with E-state index in [1.807, 2.05) is 17.5 Å². The van der Waals surface area contributed by atoms with Crippen LogP contribution in [0.1, 0.15) is 10.6 Å². The third-order valence-corrected chi connectivity index (χ3v) is 5.07. The highest BCUT2D eigenvalue weighted by Crippen LogP contribution is 2.26. The van der Waals surface area contributed by atoms with Gasteiger partial charge in [0.1, 0.15) is 5.76 Å². The van der Waals surface area contributed by atoms with Crippen LogP contribution in [0.5, 0.6) is 0 Å².